The lowest BCUT2D eigenvalue weighted by Crippen LogP contribution is -2.55. The van der Waals surface area contributed by atoms with Crippen LogP contribution in [0.3, 0.4) is 0 Å². The van der Waals surface area contributed by atoms with Gasteiger partial charge in [-0.3, -0.25) is 24.0 Å². The number of thioether (sulfide) groups is 1. The van der Waals surface area contributed by atoms with Gasteiger partial charge < -0.3 is 41.2 Å². The molecule has 0 saturated carbocycles. The van der Waals surface area contributed by atoms with Crippen LogP contribution in [0.4, 0.5) is 4.79 Å². The van der Waals surface area contributed by atoms with Gasteiger partial charge in [-0.1, -0.05) is 50.6 Å². The number of unbranched alkanes of at least 4 members (excludes halogenated alkanes) is 2. The SMILES string of the molecule is COC(=O)CCCCCN(C(=O)CNC(=O)[C@@H](CCSC)NC(=O)[C@@H](N)Cc1c(C)cc(OC(=O)OCC(C)C)c(C)c1C)[C@@H](Cc1ccccc1)C(N)=O. The Bertz CT molecular complexity index is 1600. The topological polar surface area (TPSA) is 209 Å². The molecule has 0 fully saturated rings. The lowest BCUT2D eigenvalue weighted by atomic mass is 9.92. The minimum atomic E-state index is -1.02. The van der Waals surface area contributed by atoms with E-state index in [0.717, 1.165) is 22.3 Å². The van der Waals surface area contributed by atoms with Gasteiger partial charge in [-0.15, -0.1) is 0 Å². The highest BCUT2D eigenvalue weighted by Crippen LogP contribution is 2.29. The highest BCUT2D eigenvalue weighted by atomic mass is 32.2. The van der Waals surface area contributed by atoms with Gasteiger partial charge in [0.25, 0.3) is 0 Å². The van der Waals surface area contributed by atoms with Crippen LogP contribution in [0.1, 0.15) is 73.8 Å². The van der Waals surface area contributed by atoms with Gasteiger partial charge in [0, 0.05) is 19.4 Å². The number of primary amides is 1. The first-order valence-corrected chi connectivity index (χ1v) is 19.9. The maximum atomic E-state index is 13.7. The van der Waals surface area contributed by atoms with E-state index in [-0.39, 0.29) is 50.7 Å². The van der Waals surface area contributed by atoms with Crippen molar-refractivity contribution < 1.29 is 43.0 Å². The van der Waals surface area contributed by atoms with Crippen LogP contribution in [0, 0.1) is 26.7 Å². The van der Waals surface area contributed by atoms with E-state index >= 15 is 0 Å². The Hall–Kier alpha value is -4.63. The number of nitrogens with zero attached hydrogens (tertiary/aromatic N) is 1. The molecule has 0 aliphatic carbocycles. The number of esters is 1. The van der Waals surface area contributed by atoms with Gasteiger partial charge in [0.05, 0.1) is 26.3 Å². The van der Waals surface area contributed by atoms with E-state index in [1.807, 2.05) is 64.3 Å². The molecule has 15 heteroatoms. The summed E-state index contributed by atoms with van der Waals surface area (Å²) in [5, 5.41) is 5.41. The van der Waals surface area contributed by atoms with E-state index < -0.39 is 54.5 Å². The molecule has 2 rings (SSSR count). The number of nitrogens with two attached hydrogens (primary N) is 2. The number of hydrogen-bond acceptors (Lipinski definition) is 11. The second-order valence-corrected chi connectivity index (χ2v) is 14.9. The van der Waals surface area contributed by atoms with Gasteiger partial charge in [0.1, 0.15) is 17.8 Å². The van der Waals surface area contributed by atoms with Crippen molar-refractivity contribution in [3.05, 3.63) is 64.2 Å². The highest BCUT2D eigenvalue weighted by Gasteiger charge is 2.30. The third-order valence-electron chi connectivity index (χ3n) is 9.16. The molecule has 304 valence electrons. The zero-order chi connectivity index (χ0) is 41.1. The van der Waals surface area contributed by atoms with Gasteiger partial charge in [-0.05, 0) is 98.3 Å². The number of carbonyl (C=O) groups is 6. The summed E-state index contributed by atoms with van der Waals surface area (Å²) in [6, 6.07) is 7.88. The minimum Gasteiger partial charge on any atom is -0.469 e. The van der Waals surface area contributed by atoms with E-state index in [4.69, 9.17) is 25.7 Å². The number of rotatable bonds is 23. The zero-order valence-corrected chi connectivity index (χ0v) is 34.1. The Morgan fingerprint density at radius 3 is 2.24 bits per heavy atom. The summed E-state index contributed by atoms with van der Waals surface area (Å²) in [6.07, 6.45) is 3.53. The second kappa shape index (κ2) is 24.0. The summed E-state index contributed by atoms with van der Waals surface area (Å²) in [5.41, 5.74) is 16.1. The average molecular weight is 786 g/mol. The zero-order valence-electron chi connectivity index (χ0n) is 33.2. The maximum absolute atomic E-state index is 13.7. The number of methoxy groups -OCH3 is 1. The molecule has 0 radical (unpaired) electrons. The molecule has 0 heterocycles. The molecular formula is C40H59N5O9S. The summed E-state index contributed by atoms with van der Waals surface area (Å²) < 4.78 is 15.3. The Morgan fingerprint density at radius 1 is 0.927 bits per heavy atom. The van der Waals surface area contributed by atoms with Crippen molar-refractivity contribution in [3.8, 4) is 5.75 Å². The molecule has 2 aromatic carbocycles. The first-order chi connectivity index (χ1) is 26.1. The normalized spacial score (nSPS) is 12.6. The largest absolute Gasteiger partial charge is 0.513 e. The summed E-state index contributed by atoms with van der Waals surface area (Å²) in [6.45, 7) is 9.30. The van der Waals surface area contributed by atoms with Crippen LogP contribution < -0.4 is 26.8 Å². The van der Waals surface area contributed by atoms with Crippen molar-refractivity contribution in [2.75, 3.05) is 38.8 Å². The molecule has 0 unspecified atom stereocenters. The maximum Gasteiger partial charge on any atom is 0.513 e. The number of aryl methyl sites for hydroxylation is 1. The predicted molar refractivity (Wildman–Crippen MR) is 212 cm³/mol. The number of hydrogen-bond donors (Lipinski definition) is 4. The van der Waals surface area contributed by atoms with Crippen molar-refractivity contribution >= 4 is 47.5 Å². The molecule has 0 spiro atoms. The molecule has 2 aromatic rings. The van der Waals surface area contributed by atoms with Crippen LogP contribution in [0.5, 0.6) is 5.75 Å². The van der Waals surface area contributed by atoms with Crippen LogP contribution in [-0.4, -0.2) is 97.6 Å². The summed E-state index contributed by atoms with van der Waals surface area (Å²) in [7, 11) is 1.32. The fourth-order valence-electron chi connectivity index (χ4n) is 5.84. The average Bonchev–Trinajstić information content (AvgIpc) is 3.15. The van der Waals surface area contributed by atoms with E-state index in [1.54, 1.807) is 13.0 Å². The van der Waals surface area contributed by atoms with Crippen LogP contribution >= 0.6 is 11.8 Å². The van der Waals surface area contributed by atoms with Gasteiger partial charge in [0.15, 0.2) is 0 Å². The Morgan fingerprint density at radius 2 is 1.62 bits per heavy atom. The van der Waals surface area contributed by atoms with E-state index in [2.05, 4.69) is 10.6 Å². The smallest absolute Gasteiger partial charge is 0.469 e. The van der Waals surface area contributed by atoms with Crippen molar-refractivity contribution in [3.63, 3.8) is 0 Å². The third-order valence-corrected chi connectivity index (χ3v) is 9.80. The van der Waals surface area contributed by atoms with Gasteiger partial charge in [-0.25, -0.2) is 4.79 Å². The van der Waals surface area contributed by atoms with Crippen LogP contribution in [-0.2, 0) is 46.3 Å². The highest BCUT2D eigenvalue weighted by molar-refractivity contribution is 7.98. The standard InChI is InChI=1S/C40H59N5O9S/c1-25(2)24-53-40(51)54-34-20-26(3)30(27(4)28(34)5)22-31(41)38(49)44-32(17-19-55-7)39(50)43-23-35(46)45(18-13-9-12-16-36(47)52-6)33(37(42)48)21-29-14-10-8-11-15-29/h8,10-11,14-15,20,25,31-33H,9,12-13,16-19,21-24,41H2,1-7H3,(H2,42,48)(H,43,50)(H,44,49)/t31-,32+,33-/m0/s1. The summed E-state index contributed by atoms with van der Waals surface area (Å²) in [4.78, 5) is 78.4. The summed E-state index contributed by atoms with van der Waals surface area (Å²) in [5.74, 6) is -1.61. The molecule has 0 aliphatic heterocycles. The fourth-order valence-corrected chi connectivity index (χ4v) is 6.31. The number of amides is 4. The van der Waals surface area contributed by atoms with Gasteiger partial charge in [-0.2, -0.15) is 11.8 Å². The van der Waals surface area contributed by atoms with E-state index in [9.17, 15) is 28.8 Å². The summed E-state index contributed by atoms with van der Waals surface area (Å²) >= 11 is 1.49. The number of benzene rings is 2. The Labute approximate surface area is 329 Å². The molecule has 0 aromatic heterocycles. The minimum absolute atomic E-state index is 0.155. The number of carbonyl (C=O) groups excluding carboxylic acids is 6. The molecule has 6 N–H and O–H groups in total. The van der Waals surface area contributed by atoms with Crippen LogP contribution in [0.2, 0.25) is 0 Å². The Balaban J connectivity index is 2.16. The van der Waals surface area contributed by atoms with Crippen molar-refractivity contribution in [1.82, 2.24) is 15.5 Å². The first-order valence-electron chi connectivity index (χ1n) is 18.6. The van der Waals surface area contributed by atoms with E-state index in [1.165, 1.54) is 23.8 Å². The molecule has 14 nitrogen and oxygen atoms in total. The predicted octanol–water partition coefficient (Wildman–Crippen LogP) is 3.67. The van der Waals surface area contributed by atoms with Crippen molar-refractivity contribution in [2.24, 2.45) is 17.4 Å². The monoisotopic (exact) mass is 785 g/mol. The second-order valence-electron chi connectivity index (χ2n) is 13.9. The van der Waals surface area contributed by atoms with Crippen LogP contribution in [0.25, 0.3) is 0 Å². The van der Waals surface area contributed by atoms with Gasteiger partial charge >= 0.3 is 12.1 Å². The quantitative estimate of drug-likeness (QED) is 0.0726. The third kappa shape index (κ3) is 15.9. The fraction of sp³-hybridized carbons (Fsp3) is 0.550. The lowest BCUT2D eigenvalue weighted by molar-refractivity contribution is -0.141. The number of ether oxygens (including phenoxy) is 3. The number of nitrogens with one attached hydrogen (secondary N) is 2. The van der Waals surface area contributed by atoms with Gasteiger partial charge in [0.2, 0.25) is 23.6 Å². The molecule has 0 bridgehead atoms. The van der Waals surface area contributed by atoms with Crippen LogP contribution in [0.15, 0.2) is 36.4 Å². The lowest BCUT2D eigenvalue weighted by Gasteiger charge is -2.30. The molecule has 0 aliphatic rings. The molecule has 4 amide bonds. The molecule has 0 saturated heterocycles. The molecular weight excluding hydrogens is 727 g/mol. The van der Waals surface area contributed by atoms with Crippen molar-refractivity contribution in [2.45, 2.75) is 97.7 Å². The van der Waals surface area contributed by atoms with E-state index in [0.29, 0.717) is 36.3 Å². The first kappa shape index (κ1) is 46.5. The molecule has 3 atom stereocenters. The Kier molecular flexibility index (Phi) is 20.3. The molecule has 55 heavy (non-hydrogen) atoms. The van der Waals surface area contributed by atoms with Crippen molar-refractivity contribution in [1.29, 1.82) is 0 Å².